The molecule has 5 nitrogen and oxygen atoms in total. The minimum atomic E-state index is -2.98. The molecule has 6 heteroatoms. The molecular formula is C14H20N2O3S. The van der Waals surface area contributed by atoms with Gasteiger partial charge in [0.05, 0.1) is 23.5 Å². The molecule has 1 aromatic carbocycles. The first-order valence-electron chi connectivity index (χ1n) is 6.45. The second-order valence-corrected chi connectivity index (χ2v) is 7.22. The third kappa shape index (κ3) is 5.29. The fourth-order valence-electron chi connectivity index (χ4n) is 1.71. The maximum Gasteiger partial charge on any atom is 0.151 e. The molecule has 0 aromatic heterocycles. The molecule has 0 bridgehead atoms. The number of benzene rings is 1. The minimum Gasteiger partial charge on any atom is -0.387 e. The number of aliphatic hydroxyl groups is 1. The molecule has 0 amide bonds. The fraction of sp³-hybridized carbons (Fsp3) is 0.500. The number of hydrogen-bond acceptors (Lipinski definition) is 5. The second-order valence-electron chi connectivity index (χ2n) is 4.75. The number of sulfone groups is 1. The Balaban J connectivity index is 2.52. The summed E-state index contributed by atoms with van der Waals surface area (Å²) in [5, 5.41) is 18.8. The molecule has 1 atom stereocenters. The lowest BCUT2D eigenvalue weighted by Gasteiger charge is -2.20. The van der Waals surface area contributed by atoms with Crippen LogP contribution >= 0.6 is 0 Å². The Labute approximate surface area is 120 Å². The maximum atomic E-state index is 11.4. The van der Waals surface area contributed by atoms with Gasteiger partial charge in [-0.25, -0.2) is 8.42 Å². The molecule has 1 N–H and O–H groups in total. The van der Waals surface area contributed by atoms with Crippen molar-refractivity contribution in [2.24, 2.45) is 0 Å². The van der Waals surface area contributed by atoms with E-state index in [0.29, 0.717) is 24.2 Å². The predicted octanol–water partition coefficient (Wildman–Crippen LogP) is 0.958. The lowest BCUT2D eigenvalue weighted by Crippen LogP contribution is -2.30. The van der Waals surface area contributed by atoms with E-state index in [1.165, 1.54) is 0 Å². The number of rotatable bonds is 7. The van der Waals surface area contributed by atoms with Crippen LogP contribution in [0, 0.1) is 11.3 Å². The Bertz CT molecular complexity index is 561. The van der Waals surface area contributed by atoms with Crippen molar-refractivity contribution in [3.05, 3.63) is 35.4 Å². The first-order valence-corrected chi connectivity index (χ1v) is 8.27. The van der Waals surface area contributed by atoms with Crippen molar-refractivity contribution in [3.8, 4) is 6.07 Å². The van der Waals surface area contributed by atoms with Gasteiger partial charge in [-0.3, -0.25) is 0 Å². The summed E-state index contributed by atoms with van der Waals surface area (Å²) < 4.78 is 22.8. The highest BCUT2D eigenvalue weighted by molar-refractivity contribution is 7.91. The van der Waals surface area contributed by atoms with Crippen LogP contribution in [-0.2, 0) is 9.84 Å². The second kappa shape index (κ2) is 7.39. The smallest absolute Gasteiger partial charge is 0.151 e. The van der Waals surface area contributed by atoms with E-state index in [0.717, 1.165) is 0 Å². The highest BCUT2D eigenvalue weighted by atomic mass is 32.2. The van der Waals surface area contributed by atoms with Gasteiger partial charge < -0.3 is 10.0 Å². The van der Waals surface area contributed by atoms with Crippen molar-refractivity contribution in [2.45, 2.75) is 13.0 Å². The molecule has 0 fully saturated rings. The normalized spacial score (nSPS) is 13.2. The summed E-state index contributed by atoms with van der Waals surface area (Å²) in [7, 11) is -1.21. The molecule has 110 valence electrons. The molecule has 1 rings (SSSR count). The third-order valence-electron chi connectivity index (χ3n) is 3.13. The first-order chi connectivity index (χ1) is 9.38. The maximum absolute atomic E-state index is 11.4. The van der Waals surface area contributed by atoms with E-state index in [-0.39, 0.29) is 11.5 Å². The van der Waals surface area contributed by atoms with Crippen LogP contribution in [0.15, 0.2) is 24.3 Å². The van der Waals surface area contributed by atoms with Gasteiger partial charge in [-0.05, 0) is 24.7 Å². The van der Waals surface area contributed by atoms with E-state index in [9.17, 15) is 13.5 Å². The van der Waals surface area contributed by atoms with E-state index < -0.39 is 15.9 Å². The number of likely N-dealkylation sites (N-methyl/N-ethyl adjacent to an activating group) is 1. The van der Waals surface area contributed by atoms with Gasteiger partial charge in [0.2, 0.25) is 0 Å². The molecule has 0 aliphatic rings. The summed E-state index contributed by atoms with van der Waals surface area (Å²) in [6, 6.07) is 8.74. The predicted molar refractivity (Wildman–Crippen MR) is 77.9 cm³/mol. The van der Waals surface area contributed by atoms with Crippen LogP contribution in [0.1, 0.15) is 24.2 Å². The lowest BCUT2D eigenvalue weighted by molar-refractivity contribution is 0.130. The van der Waals surface area contributed by atoms with E-state index in [2.05, 4.69) is 0 Å². The van der Waals surface area contributed by atoms with Gasteiger partial charge in [-0.2, -0.15) is 5.26 Å². The molecule has 0 aliphatic carbocycles. The van der Waals surface area contributed by atoms with Gasteiger partial charge >= 0.3 is 0 Å². The summed E-state index contributed by atoms with van der Waals surface area (Å²) in [4.78, 5) is 1.79. The van der Waals surface area contributed by atoms with Crippen molar-refractivity contribution in [2.75, 3.05) is 31.6 Å². The van der Waals surface area contributed by atoms with Crippen molar-refractivity contribution in [1.82, 2.24) is 4.90 Å². The van der Waals surface area contributed by atoms with Crippen molar-refractivity contribution < 1.29 is 13.5 Å². The van der Waals surface area contributed by atoms with Gasteiger partial charge in [0, 0.05) is 18.8 Å². The summed E-state index contributed by atoms with van der Waals surface area (Å²) in [5.74, 6) is 0.235. The largest absolute Gasteiger partial charge is 0.387 e. The van der Waals surface area contributed by atoms with Crippen LogP contribution in [0.3, 0.4) is 0 Å². The van der Waals surface area contributed by atoms with E-state index in [4.69, 9.17) is 5.26 Å². The standard InChI is InChI=1S/C14H20N2O3S/c1-3-20(18,19)9-8-16(2)11-14(17)13-6-4-12(10-15)5-7-13/h4-7,14,17H,3,8-9,11H2,1-2H3. The van der Waals surface area contributed by atoms with Crippen molar-refractivity contribution in [3.63, 3.8) is 0 Å². The number of hydrogen-bond donors (Lipinski definition) is 1. The Kier molecular flexibility index (Phi) is 6.14. The molecule has 0 heterocycles. The van der Waals surface area contributed by atoms with Gasteiger partial charge in [0.15, 0.2) is 9.84 Å². The average molecular weight is 296 g/mol. The zero-order valence-corrected chi connectivity index (χ0v) is 12.6. The van der Waals surface area contributed by atoms with Gasteiger partial charge in [-0.15, -0.1) is 0 Å². The Morgan fingerprint density at radius 2 is 1.95 bits per heavy atom. The number of nitrogens with zero attached hydrogens (tertiary/aromatic N) is 2. The van der Waals surface area contributed by atoms with Crippen molar-refractivity contribution >= 4 is 9.84 Å². The van der Waals surface area contributed by atoms with Crippen molar-refractivity contribution in [1.29, 1.82) is 5.26 Å². The fourth-order valence-corrected chi connectivity index (χ4v) is 2.59. The zero-order chi connectivity index (χ0) is 15.2. The molecular weight excluding hydrogens is 276 g/mol. The number of nitriles is 1. The molecule has 0 aliphatic heterocycles. The molecule has 0 radical (unpaired) electrons. The summed E-state index contributed by atoms with van der Waals surface area (Å²) in [6.45, 7) is 2.37. The van der Waals surface area contributed by atoms with Crippen LogP contribution in [0.2, 0.25) is 0 Å². The Hall–Kier alpha value is -1.42. The third-order valence-corrected chi connectivity index (χ3v) is 4.82. The zero-order valence-electron chi connectivity index (χ0n) is 11.8. The van der Waals surface area contributed by atoms with E-state index >= 15 is 0 Å². The van der Waals surface area contributed by atoms with Gasteiger partial charge in [0.25, 0.3) is 0 Å². The van der Waals surface area contributed by atoms with Gasteiger partial charge in [0.1, 0.15) is 0 Å². The van der Waals surface area contributed by atoms with Crippen LogP contribution in [0.5, 0.6) is 0 Å². The van der Waals surface area contributed by atoms with Crippen LogP contribution < -0.4 is 0 Å². The van der Waals surface area contributed by atoms with Crippen LogP contribution in [0.25, 0.3) is 0 Å². The van der Waals surface area contributed by atoms with E-state index in [1.807, 2.05) is 6.07 Å². The highest BCUT2D eigenvalue weighted by Gasteiger charge is 2.13. The molecule has 0 saturated heterocycles. The summed E-state index contributed by atoms with van der Waals surface area (Å²) >= 11 is 0. The minimum absolute atomic E-state index is 0.0973. The average Bonchev–Trinajstić information content (AvgIpc) is 2.45. The molecule has 0 saturated carbocycles. The summed E-state index contributed by atoms with van der Waals surface area (Å²) in [5.41, 5.74) is 1.26. The quantitative estimate of drug-likeness (QED) is 0.810. The Morgan fingerprint density at radius 1 is 1.35 bits per heavy atom. The molecule has 1 unspecified atom stereocenters. The molecule has 0 spiro atoms. The van der Waals surface area contributed by atoms with E-state index in [1.54, 1.807) is 43.1 Å². The SMILES string of the molecule is CCS(=O)(=O)CCN(C)CC(O)c1ccc(C#N)cc1. The van der Waals surface area contributed by atoms with Crippen LogP contribution in [-0.4, -0.2) is 50.1 Å². The first kappa shape index (κ1) is 16.6. The molecule has 20 heavy (non-hydrogen) atoms. The lowest BCUT2D eigenvalue weighted by atomic mass is 10.1. The number of aliphatic hydroxyl groups excluding tert-OH is 1. The summed E-state index contributed by atoms with van der Waals surface area (Å²) in [6.07, 6.45) is -0.697. The van der Waals surface area contributed by atoms with Crippen LogP contribution in [0.4, 0.5) is 0 Å². The Morgan fingerprint density at radius 3 is 2.45 bits per heavy atom. The monoisotopic (exact) mass is 296 g/mol. The molecule has 1 aromatic rings. The highest BCUT2D eigenvalue weighted by Crippen LogP contribution is 2.14. The topological polar surface area (TPSA) is 81.4 Å². The van der Waals surface area contributed by atoms with Gasteiger partial charge in [-0.1, -0.05) is 19.1 Å².